The van der Waals surface area contributed by atoms with Crippen molar-refractivity contribution in [3.63, 3.8) is 0 Å². The minimum atomic E-state index is -0.213. The number of hydrogen-bond acceptors (Lipinski definition) is 3. The van der Waals surface area contributed by atoms with E-state index in [2.05, 4.69) is 10.5 Å². The zero-order valence-electron chi connectivity index (χ0n) is 10.8. The number of carbonyl (C=O) groups is 1. The van der Waals surface area contributed by atoms with Crippen LogP contribution >= 0.6 is 0 Å². The Kier molecular flexibility index (Phi) is 3.46. The van der Waals surface area contributed by atoms with Gasteiger partial charge in [0.1, 0.15) is 5.71 Å². The predicted molar refractivity (Wildman–Crippen MR) is 77.4 cm³/mol. The van der Waals surface area contributed by atoms with E-state index in [0.717, 1.165) is 11.3 Å². The Morgan fingerprint density at radius 2 is 1.70 bits per heavy atom. The number of benzene rings is 2. The average molecular weight is 266 g/mol. The number of rotatable bonds is 3. The molecule has 4 nitrogen and oxygen atoms in total. The lowest BCUT2D eigenvalue weighted by molar-refractivity contribution is -0.110. The topological polar surface area (TPSA) is 50.7 Å². The molecule has 20 heavy (non-hydrogen) atoms. The molecule has 1 N–H and O–H groups in total. The second-order valence-electron chi connectivity index (χ2n) is 4.57. The number of carbonyl (C=O) groups excluding carboxylic acids is 1. The van der Waals surface area contributed by atoms with Crippen LogP contribution in [0.15, 0.2) is 65.8 Å². The van der Waals surface area contributed by atoms with Crippen LogP contribution in [0.2, 0.25) is 0 Å². The molecule has 0 aromatic heterocycles. The Balaban J connectivity index is 1.64. The van der Waals surface area contributed by atoms with E-state index in [1.54, 1.807) is 0 Å². The fourth-order valence-electron chi connectivity index (χ4n) is 2.08. The van der Waals surface area contributed by atoms with Crippen LogP contribution in [0.25, 0.3) is 0 Å². The van der Waals surface area contributed by atoms with Gasteiger partial charge in [-0.3, -0.25) is 4.79 Å². The summed E-state index contributed by atoms with van der Waals surface area (Å²) in [6.07, 6.45) is 0.315. The van der Waals surface area contributed by atoms with Gasteiger partial charge in [-0.15, -0.1) is 0 Å². The molecule has 4 heteroatoms. The molecular formula is C16H14N2O2. The molecule has 0 saturated carbocycles. The number of hydrogen-bond donors (Lipinski definition) is 1. The second-order valence-corrected chi connectivity index (χ2v) is 4.57. The van der Waals surface area contributed by atoms with E-state index in [9.17, 15) is 4.79 Å². The molecule has 1 amide bonds. The van der Waals surface area contributed by atoms with Gasteiger partial charge in [-0.25, -0.2) is 0 Å². The lowest BCUT2D eigenvalue weighted by atomic mass is 10.0. The Bertz CT molecular complexity index is 623. The molecule has 1 atom stereocenters. The SMILES string of the molecule is O=C(Nc1ccccc1)C1=NO[C@H](c2ccccc2)C1. The smallest absolute Gasteiger partial charge is 0.273 e. The van der Waals surface area contributed by atoms with Gasteiger partial charge < -0.3 is 10.2 Å². The van der Waals surface area contributed by atoms with E-state index in [4.69, 9.17) is 4.84 Å². The Morgan fingerprint density at radius 1 is 1.05 bits per heavy atom. The lowest BCUT2D eigenvalue weighted by Crippen LogP contribution is -2.21. The average Bonchev–Trinajstić information content (AvgIpc) is 2.99. The van der Waals surface area contributed by atoms with Gasteiger partial charge in [0.2, 0.25) is 0 Å². The van der Waals surface area contributed by atoms with Crippen LogP contribution in [-0.4, -0.2) is 11.6 Å². The van der Waals surface area contributed by atoms with Crippen LogP contribution < -0.4 is 5.32 Å². The predicted octanol–water partition coefficient (Wildman–Crippen LogP) is 3.14. The van der Waals surface area contributed by atoms with Gasteiger partial charge in [0.25, 0.3) is 5.91 Å². The van der Waals surface area contributed by atoms with Crippen molar-refractivity contribution in [1.29, 1.82) is 0 Å². The van der Waals surface area contributed by atoms with Gasteiger partial charge in [-0.2, -0.15) is 0 Å². The van der Waals surface area contributed by atoms with Crippen LogP contribution in [0, 0.1) is 0 Å². The molecule has 1 aliphatic heterocycles. The summed E-state index contributed by atoms with van der Waals surface area (Å²) in [6, 6.07) is 19.1. The molecule has 3 rings (SSSR count). The number of nitrogens with zero attached hydrogens (tertiary/aromatic N) is 1. The maximum Gasteiger partial charge on any atom is 0.273 e. The quantitative estimate of drug-likeness (QED) is 0.927. The molecule has 2 aromatic rings. The van der Waals surface area contributed by atoms with Crippen LogP contribution in [0.3, 0.4) is 0 Å². The van der Waals surface area contributed by atoms with Gasteiger partial charge in [0, 0.05) is 12.1 Å². The normalized spacial score (nSPS) is 17.2. The fraction of sp³-hybridized carbons (Fsp3) is 0.125. The van der Waals surface area contributed by atoms with E-state index in [-0.39, 0.29) is 12.0 Å². The first kappa shape index (κ1) is 12.4. The summed E-state index contributed by atoms with van der Waals surface area (Å²) < 4.78 is 0. The summed E-state index contributed by atoms with van der Waals surface area (Å²) in [6.45, 7) is 0. The highest BCUT2D eigenvalue weighted by Gasteiger charge is 2.27. The third-order valence-electron chi connectivity index (χ3n) is 3.13. The molecule has 1 heterocycles. The molecule has 0 spiro atoms. The first-order valence-electron chi connectivity index (χ1n) is 6.47. The van der Waals surface area contributed by atoms with Gasteiger partial charge in [0.05, 0.1) is 0 Å². The number of nitrogens with one attached hydrogen (secondary N) is 1. The maximum absolute atomic E-state index is 12.1. The maximum atomic E-state index is 12.1. The fourth-order valence-corrected chi connectivity index (χ4v) is 2.08. The van der Waals surface area contributed by atoms with E-state index in [1.807, 2.05) is 60.7 Å². The summed E-state index contributed by atoms with van der Waals surface area (Å²) >= 11 is 0. The first-order chi connectivity index (χ1) is 9.83. The van der Waals surface area contributed by atoms with Gasteiger partial charge >= 0.3 is 0 Å². The minimum Gasteiger partial charge on any atom is -0.387 e. The van der Waals surface area contributed by atoms with Crippen molar-refractivity contribution in [3.8, 4) is 0 Å². The Morgan fingerprint density at radius 3 is 2.40 bits per heavy atom. The van der Waals surface area contributed by atoms with Crippen molar-refractivity contribution < 1.29 is 9.63 Å². The van der Waals surface area contributed by atoms with E-state index >= 15 is 0 Å². The number of amides is 1. The molecule has 0 unspecified atom stereocenters. The van der Waals surface area contributed by atoms with Gasteiger partial charge in [-0.1, -0.05) is 53.7 Å². The monoisotopic (exact) mass is 266 g/mol. The minimum absolute atomic E-state index is 0.173. The van der Waals surface area contributed by atoms with Crippen LogP contribution in [0.1, 0.15) is 18.1 Å². The van der Waals surface area contributed by atoms with Gasteiger partial charge in [-0.05, 0) is 17.7 Å². The van der Waals surface area contributed by atoms with Crippen molar-refractivity contribution >= 4 is 17.3 Å². The zero-order chi connectivity index (χ0) is 13.8. The van der Waals surface area contributed by atoms with Crippen molar-refractivity contribution in [1.82, 2.24) is 0 Å². The standard InChI is InChI=1S/C16H14N2O2/c19-16(17-13-9-5-2-6-10-13)14-11-15(20-18-14)12-7-3-1-4-8-12/h1-10,15H,11H2,(H,17,19)/t15-/m0/s1. The molecule has 100 valence electrons. The molecule has 1 aliphatic rings. The molecule has 0 saturated heterocycles. The van der Waals surface area contributed by atoms with E-state index in [0.29, 0.717) is 12.1 Å². The molecular weight excluding hydrogens is 252 g/mol. The highest BCUT2D eigenvalue weighted by atomic mass is 16.6. The highest BCUT2D eigenvalue weighted by molar-refractivity contribution is 6.43. The largest absolute Gasteiger partial charge is 0.387 e. The summed E-state index contributed by atoms with van der Waals surface area (Å²) in [5.74, 6) is -0.213. The Hall–Kier alpha value is -2.62. The van der Waals surface area contributed by atoms with Crippen LogP contribution in [-0.2, 0) is 9.63 Å². The van der Waals surface area contributed by atoms with E-state index in [1.165, 1.54) is 0 Å². The summed E-state index contributed by atoms with van der Waals surface area (Å²) in [5, 5.41) is 6.70. The van der Waals surface area contributed by atoms with Crippen LogP contribution in [0.4, 0.5) is 5.69 Å². The van der Waals surface area contributed by atoms with Crippen molar-refractivity contribution in [3.05, 3.63) is 66.2 Å². The molecule has 0 radical (unpaired) electrons. The summed E-state index contributed by atoms with van der Waals surface area (Å²) in [4.78, 5) is 17.4. The van der Waals surface area contributed by atoms with Crippen LogP contribution in [0.5, 0.6) is 0 Å². The second kappa shape index (κ2) is 5.57. The number of para-hydroxylation sites is 1. The Labute approximate surface area is 117 Å². The number of anilines is 1. The lowest BCUT2D eigenvalue weighted by Gasteiger charge is -2.07. The molecule has 2 aromatic carbocycles. The van der Waals surface area contributed by atoms with Crippen molar-refractivity contribution in [2.75, 3.05) is 5.32 Å². The van der Waals surface area contributed by atoms with Crippen molar-refractivity contribution in [2.45, 2.75) is 12.5 Å². The molecule has 0 bridgehead atoms. The molecule has 0 fully saturated rings. The summed E-state index contributed by atoms with van der Waals surface area (Å²) in [7, 11) is 0. The highest BCUT2D eigenvalue weighted by Crippen LogP contribution is 2.27. The molecule has 0 aliphatic carbocycles. The van der Waals surface area contributed by atoms with Crippen molar-refractivity contribution in [2.24, 2.45) is 5.16 Å². The first-order valence-corrected chi connectivity index (χ1v) is 6.47. The van der Waals surface area contributed by atoms with Gasteiger partial charge in [0.15, 0.2) is 6.10 Å². The zero-order valence-corrected chi connectivity index (χ0v) is 10.8. The summed E-state index contributed by atoms with van der Waals surface area (Å²) in [5.41, 5.74) is 2.20. The third kappa shape index (κ3) is 2.69. The third-order valence-corrected chi connectivity index (χ3v) is 3.13. The van der Waals surface area contributed by atoms with E-state index < -0.39 is 0 Å². The number of oxime groups is 1.